The Morgan fingerprint density at radius 2 is 2.02 bits per heavy atom. The summed E-state index contributed by atoms with van der Waals surface area (Å²) >= 11 is 7.66. The van der Waals surface area contributed by atoms with E-state index in [1.165, 1.54) is 15.9 Å². The number of rotatable bonds is 10. The molecule has 0 radical (unpaired) electrons. The third-order valence-electron chi connectivity index (χ3n) is 9.86. The molecule has 0 amide bonds. The first-order chi connectivity index (χ1) is 23.7. The Kier molecular flexibility index (Phi) is 8.73. The second kappa shape index (κ2) is 13.0. The molecule has 1 aliphatic carbocycles. The number of hydrogen-bond donors (Lipinski definition) is 1. The number of aromatic carboxylic acids is 1. The minimum absolute atomic E-state index is 0.0952. The smallest absolute Gasteiger partial charge is 0.338 e. The number of halogens is 2. The van der Waals surface area contributed by atoms with Crippen molar-refractivity contribution >= 4 is 55.8 Å². The van der Waals surface area contributed by atoms with Gasteiger partial charge in [0.05, 0.1) is 39.4 Å². The third-order valence-corrected chi connectivity index (χ3v) is 11.1. The van der Waals surface area contributed by atoms with Gasteiger partial charge in [-0.1, -0.05) is 11.6 Å². The van der Waals surface area contributed by atoms with Crippen LogP contribution in [0.1, 0.15) is 47.4 Å². The number of fused-ring (bicyclic) bond motifs is 2. The minimum atomic E-state index is -1.06. The number of ether oxygens (including phenoxy) is 1. The molecule has 0 unspecified atom stereocenters. The maximum absolute atomic E-state index is 14.0. The molecule has 5 heterocycles. The number of aromatic nitrogens is 4. The number of carbonyl (C=O) groups is 1. The lowest BCUT2D eigenvalue weighted by molar-refractivity contribution is 0.0699. The Balaban J connectivity index is 1.14. The molecule has 7 rings (SSSR count). The van der Waals surface area contributed by atoms with Gasteiger partial charge in [-0.2, -0.15) is 5.26 Å². The molecule has 2 aliphatic rings. The summed E-state index contributed by atoms with van der Waals surface area (Å²) in [5.41, 5.74) is 1.77. The van der Waals surface area contributed by atoms with Crippen LogP contribution in [0.3, 0.4) is 0 Å². The fraction of sp³-hybridized carbons (Fsp3) is 0.371. The molecule has 252 valence electrons. The lowest BCUT2D eigenvalue weighted by Crippen LogP contribution is -2.49. The molecule has 0 spiro atoms. The van der Waals surface area contributed by atoms with Gasteiger partial charge in [0.15, 0.2) is 0 Å². The Labute approximate surface area is 290 Å². The molecule has 1 aromatic carbocycles. The molecular formula is C35H33ClFN7O4S. The number of alkyl halides is 1. The van der Waals surface area contributed by atoms with Crippen LogP contribution in [-0.2, 0) is 6.54 Å². The number of nitriles is 1. The molecule has 1 N–H and O–H groups in total. The summed E-state index contributed by atoms with van der Waals surface area (Å²) in [6.45, 7) is 3.21. The quantitative estimate of drug-likeness (QED) is 0.182. The number of anilines is 1. The van der Waals surface area contributed by atoms with Crippen LogP contribution in [0.5, 0.6) is 5.75 Å². The predicted molar refractivity (Wildman–Crippen MR) is 187 cm³/mol. The number of carboxylic acid groups (broad SMARTS) is 1. The van der Waals surface area contributed by atoms with Gasteiger partial charge < -0.3 is 14.7 Å². The summed E-state index contributed by atoms with van der Waals surface area (Å²) < 4.78 is 22.1. The number of nitrogens with zero attached hydrogens (tertiary/aromatic N) is 7. The topological polar surface area (TPSA) is 137 Å². The van der Waals surface area contributed by atoms with Gasteiger partial charge in [-0.25, -0.2) is 19.2 Å². The second-order valence-electron chi connectivity index (χ2n) is 12.6. The van der Waals surface area contributed by atoms with Crippen LogP contribution in [-0.4, -0.2) is 80.5 Å². The van der Waals surface area contributed by atoms with E-state index in [9.17, 15) is 24.3 Å². The van der Waals surface area contributed by atoms with Crippen LogP contribution in [0, 0.1) is 18.3 Å². The fourth-order valence-electron chi connectivity index (χ4n) is 6.91. The molecule has 2 fully saturated rings. The summed E-state index contributed by atoms with van der Waals surface area (Å²) in [5, 5.41) is 22.2. The standard InChI is InChI=1S/C35H33ClFN7O4S/c1-20-41-27-17-40-32(42(2)22-6-11-43(12-7-22)35(19-37)8-9-35)25(16-38)29(27)33(45)44(20)13-14-48-28-4-3-21(36)15-24(28)23-5-10-39-30-26(34(46)47)18-49-31(23)30/h3-5,10,15,17-18,22H,6-9,11-14,19H2,1-2H3,(H,46,47). The van der Waals surface area contributed by atoms with Gasteiger partial charge in [-0.3, -0.25) is 19.2 Å². The maximum Gasteiger partial charge on any atom is 0.338 e. The van der Waals surface area contributed by atoms with Gasteiger partial charge in [0.1, 0.15) is 42.3 Å². The Morgan fingerprint density at radius 3 is 2.71 bits per heavy atom. The number of piperidine rings is 1. The van der Waals surface area contributed by atoms with Crippen molar-refractivity contribution in [2.24, 2.45) is 0 Å². The molecule has 4 aromatic heterocycles. The van der Waals surface area contributed by atoms with Crippen molar-refractivity contribution in [3.8, 4) is 22.9 Å². The summed E-state index contributed by atoms with van der Waals surface area (Å²) in [7, 11) is 1.89. The molecule has 0 bridgehead atoms. The van der Waals surface area contributed by atoms with Crippen molar-refractivity contribution in [3.63, 3.8) is 0 Å². The predicted octanol–water partition coefficient (Wildman–Crippen LogP) is 6.08. The lowest BCUT2D eigenvalue weighted by atomic mass is 10.0. The molecule has 1 saturated carbocycles. The van der Waals surface area contributed by atoms with Crippen molar-refractivity contribution < 1.29 is 19.0 Å². The Hall–Kier alpha value is -4.64. The Bertz CT molecular complexity index is 2200. The summed E-state index contributed by atoms with van der Waals surface area (Å²) in [4.78, 5) is 43.5. The number of benzene rings is 1. The zero-order valence-electron chi connectivity index (χ0n) is 26.9. The molecule has 49 heavy (non-hydrogen) atoms. The molecule has 0 atom stereocenters. The van der Waals surface area contributed by atoms with Gasteiger partial charge in [0.25, 0.3) is 5.56 Å². The van der Waals surface area contributed by atoms with E-state index >= 15 is 0 Å². The van der Waals surface area contributed by atoms with E-state index in [1.54, 1.807) is 49.0 Å². The van der Waals surface area contributed by atoms with E-state index in [1.807, 2.05) is 11.9 Å². The van der Waals surface area contributed by atoms with Crippen LogP contribution in [0.4, 0.5) is 10.2 Å². The molecular weight excluding hydrogens is 669 g/mol. The first-order valence-corrected chi connectivity index (χ1v) is 17.3. The summed E-state index contributed by atoms with van der Waals surface area (Å²) in [5.74, 6) is 0.325. The maximum atomic E-state index is 14.0. The molecule has 14 heteroatoms. The second-order valence-corrected chi connectivity index (χ2v) is 13.9. The van der Waals surface area contributed by atoms with E-state index < -0.39 is 5.97 Å². The van der Waals surface area contributed by atoms with Gasteiger partial charge in [-0.15, -0.1) is 11.3 Å². The van der Waals surface area contributed by atoms with Crippen LogP contribution in [0.15, 0.2) is 46.8 Å². The monoisotopic (exact) mass is 701 g/mol. The number of likely N-dealkylation sites (tertiary alicyclic amines) is 1. The van der Waals surface area contributed by atoms with Crippen molar-refractivity contribution in [2.45, 2.75) is 50.7 Å². The lowest BCUT2D eigenvalue weighted by Gasteiger charge is -2.40. The molecule has 1 aliphatic heterocycles. The summed E-state index contributed by atoms with van der Waals surface area (Å²) in [6, 6.07) is 9.30. The third kappa shape index (κ3) is 5.88. The van der Waals surface area contributed by atoms with Crippen molar-refractivity contribution in [2.75, 3.05) is 38.3 Å². The number of aryl methyl sites for hydroxylation is 1. The SMILES string of the molecule is Cc1nc2cnc(N(C)C3CCN(C4(CF)CC4)CC3)c(C#N)c2c(=O)n1CCOc1ccc(Cl)cc1-c1ccnc2c(C(=O)O)csc12. The number of hydrogen-bond acceptors (Lipinski definition) is 10. The number of thiophene rings is 1. The Morgan fingerprint density at radius 1 is 1.24 bits per heavy atom. The van der Waals surface area contributed by atoms with Crippen molar-refractivity contribution in [1.29, 1.82) is 5.26 Å². The average molecular weight is 702 g/mol. The van der Waals surface area contributed by atoms with Crippen molar-refractivity contribution in [3.05, 3.63) is 74.4 Å². The molecule has 1 saturated heterocycles. The van der Waals surface area contributed by atoms with E-state index in [0.29, 0.717) is 43.7 Å². The highest BCUT2D eigenvalue weighted by Gasteiger charge is 2.49. The van der Waals surface area contributed by atoms with E-state index in [4.69, 9.17) is 16.3 Å². The van der Waals surface area contributed by atoms with Gasteiger partial charge in [0, 0.05) is 59.4 Å². The van der Waals surface area contributed by atoms with Crippen LogP contribution < -0.4 is 15.2 Å². The normalized spacial score (nSPS) is 16.1. The van der Waals surface area contributed by atoms with Gasteiger partial charge in [-0.05, 0) is 56.9 Å². The molecule has 11 nitrogen and oxygen atoms in total. The fourth-order valence-corrected chi connectivity index (χ4v) is 8.11. The highest BCUT2D eigenvalue weighted by molar-refractivity contribution is 7.18. The highest BCUT2D eigenvalue weighted by atomic mass is 35.5. The largest absolute Gasteiger partial charge is 0.491 e. The first-order valence-electron chi connectivity index (χ1n) is 16.0. The zero-order valence-corrected chi connectivity index (χ0v) is 28.5. The zero-order chi connectivity index (χ0) is 34.4. The van der Waals surface area contributed by atoms with Crippen LogP contribution in [0.2, 0.25) is 5.02 Å². The highest BCUT2D eigenvalue weighted by Crippen LogP contribution is 2.44. The number of pyridine rings is 2. The van der Waals surface area contributed by atoms with Crippen LogP contribution >= 0.6 is 22.9 Å². The van der Waals surface area contributed by atoms with Crippen molar-refractivity contribution in [1.82, 2.24) is 24.4 Å². The van der Waals surface area contributed by atoms with Gasteiger partial charge >= 0.3 is 5.97 Å². The molecule has 5 aromatic rings. The summed E-state index contributed by atoms with van der Waals surface area (Å²) in [6.07, 6.45) is 6.51. The minimum Gasteiger partial charge on any atom is -0.491 e. The van der Waals surface area contributed by atoms with Crippen LogP contribution in [0.25, 0.3) is 32.2 Å². The number of carboxylic acids is 1. The van der Waals surface area contributed by atoms with E-state index in [-0.39, 0.29) is 53.5 Å². The van der Waals surface area contributed by atoms with E-state index in [0.717, 1.165) is 44.3 Å². The average Bonchev–Trinajstić information content (AvgIpc) is 3.79. The first kappa shape index (κ1) is 32.9. The van der Waals surface area contributed by atoms with E-state index in [2.05, 4.69) is 25.9 Å². The van der Waals surface area contributed by atoms with Gasteiger partial charge in [0.2, 0.25) is 0 Å².